The molecule has 1 saturated heterocycles. The second-order valence-electron chi connectivity index (χ2n) is 9.16. The topological polar surface area (TPSA) is 67.8 Å². The van der Waals surface area contributed by atoms with Gasteiger partial charge in [-0.3, -0.25) is 4.79 Å². The fraction of sp³-hybridized carbons (Fsp3) is 0.370. The molecule has 3 aromatic rings. The van der Waals surface area contributed by atoms with Crippen LogP contribution in [0.1, 0.15) is 41.4 Å². The quantitative estimate of drug-likeness (QED) is 0.524. The molecule has 1 amide bonds. The molecule has 8 heteroatoms. The number of aromatic nitrogens is 2. The number of hydrogen-bond acceptors (Lipinski definition) is 6. The van der Waals surface area contributed by atoms with Crippen molar-refractivity contribution in [2.75, 3.05) is 31.6 Å². The lowest BCUT2D eigenvalue weighted by Crippen LogP contribution is -2.38. The lowest BCUT2D eigenvalue weighted by atomic mass is 9.99. The first-order valence-electron chi connectivity index (χ1n) is 12.0. The number of anilines is 1. The third-order valence-corrected chi connectivity index (χ3v) is 6.71. The van der Waals surface area contributed by atoms with Gasteiger partial charge in [0.2, 0.25) is 11.8 Å². The zero-order valence-electron chi connectivity index (χ0n) is 20.0. The van der Waals surface area contributed by atoms with E-state index >= 15 is 0 Å². The molecule has 0 bridgehead atoms. The van der Waals surface area contributed by atoms with Crippen LogP contribution in [-0.4, -0.2) is 47.5 Å². The Morgan fingerprint density at radius 3 is 2.54 bits per heavy atom. The zero-order chi connectivity index (χ0) is 24.4. The lowest BCUT2D eigenvalue weighted by molar-refractivity contribution is 0.0731. The van der Waals surface area contributed by atoms with Gasteiger partial charge in [-0.1, -0.05) is 25.1 Å². The van der Waals surface area contributed by atoms with Crippen molar-refractivity contribution in [2.45, 2.75) is 32.7 Å². The summed E-state index contributed by atoms with van der Waals surface area (Å²) in [6.07, 6.45) is 2.76. The highest BCUT2D eigenvalue weighted by Crippen LogP contribution is 2.36. The molecular weight excluding hydrogens is 447 g/mol. The highest BCUT2D eigenvalue weighted by molar-refractivity contribution is 5.94. The number of hydrogen-bond donors (Lipinski definition) is 0. The summed E-state index contributed by atoms with van der Waals surface area (Å²) in [4.78, 5) is 26.7. The van der Waals surface area contributed by atoms with Gasteiger partial charge < -0.3 is 19.3 Å². The summed E-state index contributed by atoms with van der Waals surface area (Å²) in [6, 6.07) is 13.2. The van der Waals surface area contributed by atoms with Crippen LogP contribution in [0.15, 0.2) is 48.5 Å². The third-order valence-electron chi connectivity index (χ3n) is 6.71. The van der Waals surface area contributed by atoms with Crippen LogP contribution in [0.25, 0.3) is 0 Å². The molecule has 2 aromatic carbocycles. The van der Waals surface area contributed by atoms with Gasteiger partial charge in [-0.15, -0.1) is 0 Å². The average Bonchev–Trinajstić information content (AvgIpc) is 2.88. The first kappa shape index (κ1) is 23.1. The predicted molar refractivity (Wildman–Crippen MR) is 131 cm³/mol. The second-order valence-corrected chi connectivity index (χ2v) is 9.16. The molecule has 1 aromatic heterocycles. The Balaban J connectivity index is 1.50. The van der Waals surface area contributed by atoms with Crippen LogP contribution in [0.2, 0.25) is 0 Å². The maximum atomic E-state index is 13.7. The highest BCUT2D eigenvalue weighted by Gasteiger charge is 2.29. The molecule has 0 saturated carbocycles. The van der Waals surface area contributed by atoms with E-state index in [0.717, 1.165) is 37.2 Å². The summed E-state index contributed by atoms with van der Waals surface area (Å²) in [7, 11) is 1.59. The monoisotopic (exact) mass is 476 g/mol. The zero-order valence-corrected chi connectivity index (χ0v) is 20.0. The van der Waals surface area contributed by atoms with E-state index in [4.69, 9.17) is 19.4 Å². The Hall–Kier alpha value is -3.68. The van der Waals surface area contributed by atoms with E-state index in [9.17, 15) is 9.18 Å². The van der Waals surface area contributed by atoms with Gasteiger partial charge in [0.15, 0.2) is 11.5 Å². The standard InChI is InChI=1S/C27H29FN4O3/c1-18-10-13-31(14-11-18)27-29-22-12-15-32(26(33)19-6-5-7-20(28)16-19)17-21(22)25(30-27)35-24-9-4-3-8-23(24)34-2/h3-9,16,18H,10-15,17H2,1-2H3. The minimum absolute atomic E-state index is 0.229. The Kier molecular flexibility index (Phi) is 6.53. The van der Waals surface area contributed by atoms with Crippen molar-refractivity contribution in [3.63, 3.8) is 0 Å². The lowest BCUT2D eigenvalue weighted by Gasteiger charge is -2.33. The van der Waals surface area contributed by atoms with E-state index in [1.807, 2.05) is 24.3 Å². The SMILES string of the molecule is COc1ccccc1Oc1nc(N2CCC(C)CC2)nc2c1CN(C(=O)c1cccc(F)c1)CC2. The van der Waals surface area contributed by atoms with Crippen LogP contribution in [0.5, 0.6) is 17.4 Å². The molecule has 35 heavy (non-hydrogen) atoms. The summed E-state index contributed by atoms with van der Waals surface area (Å²) in [5.74, 6) is 2.25. The maximum absolute atomic E-state index is 13.7. The molecule has 0 unspecified atom stereocenters. The van der Waals surface area contributed by atoms with E-state index < -0.39 is 5.82 Å². The number of nitrogens with zero attached hydrogens (tertiary/aromatic N) is 4. The second kappa shape index (κ2) is 9.90. The van der Waals surface area contributed by atoms with Crippen molar-refractivity contribution in [3.05, 3.63) is 71.2 Å². The van der Waals surface area contributed by atoms with E-state index in [-0.39, 0.29) is 12.5 Å². The average molecular weight is 477 g/mol. The highest BCUT2D eigenvalue weighted by atomic mass is 19.1. The Morgan fingerprint density at radius 1 is 1.03 bits per heavy atom. The number of methoxy groups -OCH3 is 1. The van der Waals surface area contributed by atoms with Crippen LogP contribution in [0.4, 0.5) is 10.3 Å². The van der Waals surface area contributed by atoms with Crippen LogP contribution in [0.3, 0.4) is 0 Å². The van der Waals surface area contributed by atoms with Gasteiger partial charge in [-0.05, 0) is 49.1 Å². The summed E-state index contributed by atoms with van der Waals surface area (Å²) < 4.78 is 25.5. The number of benzene rings is 2. The van der Waals surface area contributed by atoms with Crippen molar-refractivity contribution < 1.29 is 18.7 Å². The van der Waals surface area contributed by atoms with E-state index in [0.29, 0.717) is 47.8 Å². The van der Waals surface area contributed by atoms with Gasteiger partial charge in [0, 0.05) is 31.6 Å². The van der Waals surface area contributed by atoms with Crippen molar-refractivity contribution in [2.24, 2.45) is 5.92 Å². The molecule has 0 aliphatic carbocycles. The molecule has 2 aliphatic heterocycles. The van der Waals surface area contributed by atoms with Crippen molar-refractivity contribution >= 4 is 11.9 Å². The number of fused-ring (bicyclic) bond motifs is 1. The molecule has 1 fully saturated rings. The number of para-hydroxylation sites is 2. The molecule has 5 rings (SSSR count). The first-order valence-corrected chi connectivity index (χ1v) is 12.0. The minimum atomic E-state index is -0.433. The molecule has 3 heterocycles. The van der Waals surface area contributed by atoms with Crippen molar-refractivity contribution in [1.29, 1.82) is 0 Å². The molecule has 7 nitrogen and oxygen atoms in total. The normalized spacial score (nSPS) is 16.1. The number of piperidine rings is 1. The van der Waals surface area contributed by atoms with Crippen LogP contribution < -0.4 is 14.4 Å². The van der Waals surface area contributed by atoms with Gasteiger partial charge in [0.25, 0.3) is 5.91 Å². The van der Waals surface area contributed by atoms with Gasteiger partial charge in [0.1, 0.15) is 5.82 Å². The third kappa shape index (κ3) is 4.92. The number of halogens is 1. The Bertz CT molecular complexity index is 1230. The summed E-state index contributed by atoms with van der Waals surface area (Å²) >= 11 is 0. The molecule has 2 aliphatic rings. The smallest absolute Gasteiger partial charge is 0.254 e. The minimum Gasteiger partial charge on any atom is -0.493 e. The van der Waals surface area contributed by atoms with Gasteiger partial charge in [0.05, 0.1) is 24.9 Å². The molecule has 0 atom stereocenters. The van der Waals surface area contributed by atoms with Gasteiger partial charge in [-0.25, -0.2) is 9.37 Å². The number of carbonyl (C=O) groups excluding carboxylic acids is 1. The van der Waals surface area contributed by atoms with Crippen LogP contribution >= 0.6 is 0 Å². The van der Waals surface area contributed by atoms with E-state index in [1.54, 1.807) is 24.1 Å². The van der Waals surface area contributed by atoms with Crippen LogP contribution in [0, 0.1) is 11.7 Å². The van der Waals surface area contributed by atoms with Crippen molar-refractivity contribution in [1.82, 2.24) is 14.9 Å². The number of amides is 1. The molecule has 0 N–H and O–H groups in total. The molecular formula is C27H29FN4O3. The number of carbonyl (C=O) groups is 1. The fourth-order valence-electron chi connectivity index (χ4n) is 4.59. The number of ether oxygens (including phenoxy) is 2. The predicted octanol–water partition coefficient (Wildman–Crippen LogP) is 4.85. The van der Waals surface area contributed by atoms with E-state index in [2.05, 4.69) is 11.8 Å². The van der Waals surface area contributed by atoms with E-state index in [1.165, 1.54) is 12.1 Å². The number of rotatable bonds is 5. The van der Waals surface area contributed by atoms with Gasteiger partial charge >= 0.3 is 0 Å². The molecule has 182 valence electrons. The Labute approximate surface area is 204 Å². The van der Waals surface area contributed by atoms with Gasteiger partial charge in [-0.2, -0.15) is 4.98 Å². The fourth-order valence-corrected chi connectivity index (χ4v) is 4.59. The largest absolute Gasteiger partial charge is 0.493 e. The summed E-state index contributed by atoms with van der Waals surface area (Å²) in [5, 5.41) is 0. The summed E-state index contributed by atoms with van der Waals surface area (Å²) in [5.41, 5.74) is 1.96. The maximum Gasteiger partial charge on any atom is 0.254 e. The summed E-state index contributed by atoms with van der Waals surface area (Å²) in [6.45, 7) is 4.85. The van der Waals surface area contributed by atoms with Crippen LogP contribution in [-0.2, 0) is 13.0 Å². The Morgan fingerprint density at radius 2 is 1.80 bits per heavy atom. The molecule has 0 radical (unpaired) electrons. The van der Waals surface area contributed by atoms with Crippen molar-refractivity contribution in [3.8, 4) is 17.4 Å². The first-order chi connectivity index (χ1) is 17.0. The molecule has 0 spiro atoms.